The van der Waals surface area contributed by atoms with Crippen molar-refractivity contribution in [2.45, 2.75) is 0 Å². The quantitative estimate of drug-likeness (QED) is 0.696. The number of para-hydroxylation sites is 1. The van der Waals surface area contributed by atoms with Crippen LogP contribution in [0.25, 0.3) is 17.0 Å². The summed E-state index contributed by atoms with van der Waals surface area (Å²) in [5.74, 6) is 0.518. The first-order chi connectivity index (χ1) is 10.7. The Morgan fingerprint density at radius 2 is 1.95 bits per heavy atom. The lowest BCUT2D eigenvalue weighted by molar-refractivity contribution is 0.101. The molecule has 4 nitrogen and oxygen atoms in total. The minimum atomic E-state index is -0.184. The zero-order chi connectivity index (χ0) is 15.1. The van der Waals surface area contributed by atoms with Gasteiger partial charge in [0, 0.05) is 17.6 Å². The van der Waals surface area contributed by atoms with Crippen LogP contribution in [0.4, 0.5) is 0 Å². The van der Waals surface area contributed by atoms with Gasteiger partial charge in [-0.3, -0.25) is 9.78 Å². The number of ketones is 1. The number of hydrogen-bond donors (Lipinski definition) is 1. The molecule has 1 aliphatic heterocycles. The van der Waals surface area contributed by atoms with Gasteiger partial charge in [0.1, 0.15) is 11.5 Å². The molecule has 4 rings (SSSR count). The molecule has 2 aromatic carbocycles. The molecule has 0 bridgehead atoms. The van der Waals surface area contributed by atoms with Crippen molar-refractivity contribution in [1.29, 1.82) is 0 Å². The topological polar surface area (TPSA) is 59.4 Å². The molecule has 0 aliphatic carbocycles. The summed E-state index contributed by atoms with van der Waals surface area (Å²) in [6.45, 7) is 0. The lowest BCUT2D eigenvalue weighted by Gasteiger charge is -2.02. The van der Waals surface area contributed by atoms with Gasteiger partial charge in [-0.15, -0.1) is 0 Å². The van der Waals surface area contributed by atoms with E-state index in [1.54, 1.807) is 18.3 Å². The number of hydrogen-bond acceptors (Lipinski definition) is 4. The number of benzene rings is 2. The first-order valence-corrected chi connectivity index (χ1v) is 6.83. The zero-order valence-corrected chi connectivity index (χ0v) is 11.5. The van der Waals surface area contributed by atoms with Crippen LogP contribution in [-0.2, 0) is 0 Å². The van der Waals surface area contributed by atoms with Crippen molar-refractivity contribution in [2.75, 3.05) is 0 Å². The molecule has 0 spiro atoms. The molecular formula is C18H11NO3. The van der Waals surface area contributed by atoms with Crippen LogP contribution in [0, 0.1) is 0 Å². The summed E-state index contributed by atoms with van der Waals surface area (Å²) in [6, 6.07) is 14.0. The molecule has 1 N–H and O–H groups in total. The molecule has 0 atom stereocenters. The van der Waals surface area contributed by atoms with Crippen molar-refractivity contribution >= 4 is 22.8 Å². The van der Waals surface area contributed by atoms with Crippen LogP contribution in [0.1, 0.15) is 15.9 Å². The van der Waals surface area contributed by atoms with E-state index in [4.69, 9.17) is 4.74 Å². The van der Waals surface area contributed by atoms with Gasteiger partial charge in [0.15, 0.2) is 5.76 Å². The van der Waals surface area contributed by atoms with Crippen molar-refractivity contribution in [3.05, 3.63) is 71.6 Å². The molecule has 4 heteroatoms. The predicted octanol–water partition coefficient (Wildman–Crippen LogP) is 3.56. The van der Waals surface area contributed by atoms with E-state index >= 15 is 0 Å². The van der Waals surface area contributed by atoms with E-state index in [-0.39, 0.29) is 17.3 Å². The third-order valence-electron chi connectivity index (χ3n) is 3.62. The van der Waals surface area contributed by atoms with E-state index in [1.165, 1.54) is 12.1 Å². The summed E-state index contributed by atoms with van der Waals surface area (Å²) in [6.07, 6.45) is 3.41. The van der Waals surface area contributed by atoms with Gasteiger partial charge in [-0.1, -0.05) is 18.2 Å². The standard InChI is InChI=1S/C18H11NO3/c20-12-5-6-14-16(10-12)22-17(18(14)21)9-11-7-8-19-15-4-2-1-3-13(11)15/h1-10,20H. The molecule has 3 aromatic rings. The van der Waals surface area contributed by atoms with Gasteiger partial charge in [0.05, 0.1) is 11.1 Å². The van der Waals surface area contributed by atoms with Crippen LogP contribution < -0.4 is 4.74 Å². The molecule has 0 saturated carbocycles. The second-order valence-corrected chi connectivity index (χ2v) is 5.04. The number of rotatable bonds is 1. The monoisotopic (exact) mass is 289 g/mol. The Bertz CT molecular complexity index is 939. The second kappa shape index (κ2) is 4.70. The molecule has 0 saturated heterocycles. The van der Waals surface area contributed by atoms with Crippen LogP contribution in [0.15, 0.2) is 60.5 Å². The highest BCUT2D eigenvalue weighted by Crippen LogP contribution is 2.34. The summed E-state index contributed by atoms with van der Waals surface area (Å²) in [5.41, 5.74) is 2.19. The summed E-state index contributed by atoms with van der Waals surface area (Å²) >= 11 is 0. The number of aromatic nitrogens is 1. The highest BCUT2D eigenvalue weighted by atomic mass is 16.5. The smallest absolute Gasteiger partial charge is 0.231 e. The van der Waals surface area contributed by atoms with Crippen molar-refractivity contribution in [2.24, 2.45) is 0 Å². The number of aromatic hydroxyl groups is 1. The van der Waals surface area contributed by atoms with Crippen LogP contribution in [0.3, 0.4) is 0 Å². The Kier molecular flexibility index (Phi) is 2.69. The van der Waals surface area contributed by atoms with Crippen LogP contribution in [-0.4, -0.2) is 15.9 Å². The first kappa shape index (κ1) is 12.6. The van der Waals surface area contributed by atoms with E-state index in [0.717, 1.165) is 16.5 Å². The van der Waals surface area contributed by atoms with Crippen LogP contribution in [0.2, 0.25) is 0 Å². The normalized spacial score (nSPS) is 15.1. The lowest BCUT2D eigenvalue weighted by Crippen LogP contribution is -1.98. The molecule has 0 unspecified atom stereocenters. The maximum Gasteiger partial charge on any atom is 0.231 e. The van der Waals surface area contributed by atoms with Crippen LogP contribution in [0.5, 0.6) is 11.5 Å². The Morgan fingerprint density at radius 1 is 1.09 bits per heavy atom. The van der Waals surface area contributed by atoms with E-state index in [9.17, 15) is 9.90 Å². The minimum absolute atomic E-state index is 0.0714. The average molecular weight is 289 g/mol. The largest absolute Gasteiger partial charge is 0.508 e. The van der Waals surface area contributed by atoms with E-state index in [0.29, 0.717) is 11.3 Å². The number of pyridine rings is 1. The highest BCUT2D eigenvalue weighted by Gasteiger charge is 2.27. The molecule has 22 heavy (non-hydrogen) atoms. The maximum atomic E-state index is 12.4. The predicted molar refractivity (Wildman–Crippen MR) is 82.8 cm³/mol. The third kappa shape index (κ3) is 1.93. The fourth-order valence-corrected chi connectivity index (χ4v) is 2.56. The molecule has 0 radical (unpaired) electrons. The molecule has 2 heterocycles. The SMILES string of the molecule is O=C1C(=Cc2ccnc3ccccc23)Oc2cc(O)ccc21. The fourth-order valence-electron chi connectivity index (χ4n) is 2.56. The van der Waals surface area contributed by atoms with Gasteiger partial charge in [0.25, 0.3) is 0 Å². The number of ether oxygens (including phenoxy) is 1. The van der Waals surface area contributed by atoms with Crippen molar-refractivity contribution in [1.82, 2.24) is 4.98 Å². The molecule has 106 valence electrons. The number of fused-ring (bicyclic) bond motifs is 2. The second-order valence-electron chi connectivity index (χ2n) is 5.04. The van der Waals surface area contributed by atoms with Gasteiger partial charge >= 0.3 is 0 Å². The Balaban J connectivity index is 1.82. The number of nitrogens with zero attached hydrogens (tertiary/aromatic N) is 1. The Labute approximate surface area is 126 Å². The van der Waals surface area contributed by atoms with Crippen molar-refractivity contribution in [3.8, 4) is 11.5 Å². The minimum Gasteiger partial charge on any atom is -0.508 e. The highest BCUT2D eigenvalue weighted by molar-refractivity contribution is 6.15. The van der Waals surface area contributed by atoms with Gasteiger partial charge in [0.2, 0.25) is 5.78 Å². The van der Waals surface area contributed by atoms with Crippen molar-refractivity contribution < 1.29 is 14.6 Å². The number of phenolic OH excluding ortho intramolecular Hbond substituents is 1. The summed E-state index contributed by atoms with van der Waals surface area (Å²) < 4.78 is 5.58. The molecule has 1 aliphatic rings. The number of phenols is 1. The van der Waals surface area contributed by atoms with Gasteiger partial charge in [-0.2, -0.15) is 0 Å². The van der Waals surface area contributed by atoms with Crippen molar-refractivity contribution in [3.63, 3.8) is 0 Å². The molecular weight excluding hydrogens is 278 g/mol. The Morgan fingerprint density at radius 3 is 2.86 bits per heavy atom. The van der Waals surface area contributed by atoms with Gasteiger partial charge < -0.3 is 9.84 Å². The fraction of sp³-hybridized carbons (Fsp3) is 0. The Hall–Kier alpha value is -3.14. The summed E-state index contributed by atoms with van der Waals surface area (Å²) in [7, 11) is 0. The number of Topliss-reactive ketones (excluding diaryl/α,β-unsaturated/α-hetero) is 1. The zero-order valence-electron chi connectivity index (χ0n) is 11.5. The van der Waals surface area contributed by atoms with Gasteiger partial charge in [-0.25, -0.2) is 0 Å². The van der Waals surface area contributed by atoms with E-state index < -0.39 is 0 Å². The number of allylic oxidation sites excluding steroid dienone is 1. The van der Waals surface area contributed by atoms with Crippen LogP contribution >= 0.6 is 0 Å². The van der Waals surface area contributed by atoms with E-state index in [2.05, 4.69) is 4.98 Å². The molecule has 1 aromatic heterocycles. The van der Waals surface area contributed by atoms with E-state index in [1.807, 2.05) is 30.3 Å². The molecule has 0 amide bonds. The lowest BCUT2D eigenvalue weighted by atomic mass is 10.1. The van der Waals surface area contributed by atoms with Gasteiger partial charge in [-0.05, 0) is 35.9 Å². The summed E-state index contributed by atoms with van der Waals surface area (Å²) in [5, 5.41) is 10.4. The average Bonchev–Trinajstić information content (AvgIpc) is 2.83. The maximum absolute atomic E-state index is 12.4. The first-order valence-electron chi connectivity index (χ1n) is 6.83. The molecule has 0 fully saturated rings. The third-order valence-corrected chi connectivity index (χ3v) is 3.62. The number of carbonyl (C=O) groups excluding carboxylic acids is 1. The number of carbonyl (C=O) groups is 1. The summed E-state index contributed by atoms with van der Waals surface area (Å²) in [4.78, 5) is 16.7.